The van der Waals surface area contributed by atoms with E-state index in [0.717, 1.165) is 26.5 Å². The summed E-state index contributed by atoms with van der Waals surface area (Å²) in [7, 11) is 6.82. The fourth-order valence-electron chi connectivity index (χ4n) is 16.0. The molecule has 0 spiro atoms. The molecule has 0 unspecified atom stereocenters. The third-order valence-corrected chi connectivity index (χ3v) is 25.0. The van der Waals surface area contributed by atoms with Crippen LogP contribution in [-0.2, 0) is 120 Å². The molecule has 6 aromatic carbocycles. The van der Waals surface area contributed by atoms with Crippen molar-refractivity contribution in [3.05, 3.63) is 203 Å². The summed E-state index contributed by atoms with van der Waals surface area (Å²) < 4.78 is 3.70. The molecule has 1 aliphatic rings. The predicted octanol–water partition coefficient (Wildman–Crippen LogP) is 6.22. The number of ether oxygens (including phenoxy) is 1. The minimum absolute atomic E-state index is 0.0767. The lowest BCUT2D eigenvalue weighted by Gasteiger charge is -2.37. The van der Waals surface area contributed by atoms with Crippen LogP contribution in [0.25, 0.3) is 10.9 Å². The molecule has 33 heteroatoms. The molecular weight excluding hydrogens is 1700 g/mol. The number of aromatic amines is 1. The van der Waals surface area contributed by atoms with E-state index in [-0.39, 0.29) is 75.3 Å². The Labute approximate surface area is 768 Å². The van der Waals surface area contributed by atoms with Crippen molar-refractivity contribution in [2.45, 2.75) is 197 Å². The molecule has 131 heavy (non-hydrogen) atoms. The molecule has 0 saturated carbocycles. The first-order valence-corrected chi connectivity index (χ1v) is 45.1. The maximum atomic E-state index is 15.6. The zero-order valence-electron chi connectivity index (χ0n) is 76.5. The number of primary amides is 1. The van der Waals surface area contributed by atoms with Crippen molar-refractivity contribution in [3.63, 3.8) is 0 Å². The van der Waals surface area contributed by atoms with Gasteiger partial charge < -0.3 is 82.1 Å². The molecule has 0 radical (unpaired) electrons. The van der Waals surface area contributed by atoms with Gasteiger partial charge in [-0.25, -0.2) is 0 Å². The number of phenolic OH excluding ortho intramolecular Hbond substituents is 2. The Morgan fingerprint density at radius 2 is 0.977 bits per heavy atom. The topological polar surface area (TPSA) is 453 Å². The lowest BCUT2D eigenvalue weighted by molar-refractivity contribution is -0.151. The molecule has 7 aromatic rings. The van der Waals surface area contributed by atoms with Crippen molar-refractivity contribution in [3.8, 4) is 11.5 Å². The van der Waals surface area contributed by atoms with Crippen LogP contribution in [0.1, 0.15) is 133 Å². The maximum absolute atomic E-state index is 15.6. The fourth-order valence-corrected chi connectivity index (χ4v) is 16.9. The summed E-state index contributed by atoms with van der Waals surface area (Å²) in [5, 5.41) is 38.4. The van der Waals surface area contributed by atoms with Gasteiger partial charge in [-0.2, -0.15) is 0 Å². The van der Waals surface area contributed by atoms with Gasteiger partial charge in [0.15, 0.2) is 11.6 Å². The van der Waals surface area contributed by atoms with Crippen LogP contribution in [0.3, 0.4) is 0 Å². The largest absolute Gasteiger partial charge is 0.508 e. The number of nitrogens with zero attached hydrogens (tertiary/aromatic N) is 5. The molecule has 11 atom stereocenters. The Hall–Kier alpha value is -13.1. The van der Waals surface area contributed by atoms with Gasteiger partial charge in [-0.1, -0.05) is 181 Å². The van der Waals surface area contributed by atoms with Gasteiger partial charge in [0.25, 0.3) is 6.47 Å². The standard InChI is InChI=1S/C98H125N13O19S/c1-13-14-34-80-96(128)107(8)55-71(115)51-68(57-130-59-112)84(117)53-73(61(4)5)93(125)110(11)81(49-63-28-20-16-21-29-63)92(124)105-78(48-66-37-41-70(114)42-38-66)94(126)108(9)56-86(119)101-77(52-67-54-100-74-33-25-24-32-72(67)74)90(122)104-76(46-65-35-39-69(113)40-36-65)89(121)103-75(45-60(2)3)91(123)106-88(83(116)43-44-85(99)118)98(6,7)131-58-87(120)102-79(47-62-26-18-15-19-27-62)95(127)111(12)82(97(129)109(80)10)50-64-30-22-17-23-31-64/h15-33,35-42,54,59-61,68,73,75-82,88,100,113-114H,13-14,34,43-53,55-58H2,1-12H3,(H2,99,118)(H,101,119)(H,102,120)(H,103,121)(H,104,122)(H,105,124)(H,106,123)/t68-,73-,75-,76-,77-,78-,79-,80-,81-,82-,88+/m0/s1. The summed E-state index contributed by atoms with van der Waals surface area (Å²) in [6.07, 6.45) is -0.604. The first-order chi connectivity index (χ1) is 62.2. The molecule has 0 aliphatic carbocycles. The quantitative estimate of drug-likeness (QED) is 0.0284. The zero-order valence-corrected chi connectivity index (χ0v) is 77.3. The smallest absolute Gasteiger partial charge is 0.293 e. The van der Waals surface area contributed by atoms with Crippen molar-refractivity contribution < 1.29 is 91.7 Å². The summed E-state index contributed by atoms with van der Waals surface area (Å²) in [6, 6.07) is 31.6. The molecule has 702 valence electrons. The van der Waals surface area contributed by atoms with E-state index in [9.17, 15) is 43.8 Å². The number of amides is 12. The molecule has 12 amide bonds. The molecule has 1 saturated heterocycles. The highest BCUT2D eigenvalue weighted by atomic mass is 32.2. The van der Waals surface area contributed by atoms with E-state index in [0.29, 0.717) is 57.1 Å². The van der Waals surface area contributed by atoms with Gasteiger partial charge in [0.2, 0.25) is 70.9 Å². The van der Waals surface area contributed by atoms with Gasteiger partial charge in [-0.15, -0.1) is 11.8 Å². The molecule has 1 fully saturated rings. The van der Waals surface area contributed by atoms with E-state index in [1.165, 1.54) is 93.6 Å². The number of hydrogen-bond acceptors (Lipinski definition) is 20. The van der Waals surface area contributed by atoms with Gasteiger partial charge in [-0.3, -0.25) is 76.7 Å². The Kier molecular flexibility index (Phi) is 39.1. The summed E-state index contributed by atoms with van der Waals surface area (Å²) in [5.74, 6) is -16.1. The number of aromatic nitrogens is 1. The van der Waals surface area contributed by atoms with Gasteiger partial charge in [0.1, 0.15) is 78.3 Å². The SMILES string of the molecule is CCCC[C@H]1C(=O)N(C)CC(=O)C[C@@H](COC=O)C(=O)C[C@@H](C(C)C)C(=O)N(C)[C@@H](Cc2ccccc2)C(=O)N[C@@H](Cc2ccc(O)cc2)C(=O)N(C)CC(=O)N[C@@H](Cc2c[nH]c3ccccc23)C(=O)N[C@@H](Cc2ccc(O)cc2)C(=O)N[C@@H](CC(C)C)C(=O)N[C@H](C(=O)CCC(N)=O)C(C)(C)SCC(=O)N[C@@H](Cc2ccccc2)C(=O)N(C)[C@@H](Cc2ccccc2)C(=O)N1C. The van der Waals surface area contributed by atoms with Crippen LogP contribution in [0.4, 0.5) is 0 Å². The summed E-state index contributed by atoms with van der Waals surface area (Å²) in [4.78, 5) is 246. The summed E-state index contributed by atoms with van der Waals surface area (Å²) in [6.45, 7) is 10.0. The van der Waals surface area contributed by atoms with E-state index in [2.05, 4.69) is 36.9 Å². The number of fused-ring (bicyclic) bond motifs is 1. The highest BCUT2D eigenvalue weighted by Gasteiger charge is 2.44. The maximum Gasteiger partial charge on any atom is 0.293 e. The third kappa shape index (κ3) is 30.8. The van der Waals surface area contributed by atoms with E-state index in [1.807, 2.05) is 6.92 Å². The van der Waals surface area contributed by atoms with E-state index in [1.54, 1.807) is 163 Å². The number of ketones is 3. The van der Waals surface area contributed by atoms with Gasteiger partial charge in [-0.05, 0) is 102 Å². The average molecular weight is 1820 g/mol. The van der Waals surface area contributed by atoms with Gasteiger partial charge in [0, 0.05) is 127 Å². The monoisotopic (exact) mass is 1820 g/mol. The van der Waals surface area contributed by atoms with Crippen molar-refractivity contribution in [1.82, 2.24) is 61.4 Å². The molecule has 2 heterocycles. The molecule has 8 rings (SSSR count). The number of rotatable bonds is 25. The zero-order chi connectivity index (χ0) is 95.9. The second-order valence-electron chi connectivity index (χ2n) is 35.0. The number of H-pyrrole nitrogens is 1. The van der Waals surface area contributed by atoms with Crippen LogP contribution in [0.5, 0.6) is 11.5 Å². The van der Waals surface area contributed by atoms with Crippen LogP contribution < -0.4 is 37.6 Å². The predicted molar refractivity (Wildman–Crippen MR) is 495 cm³/mol. The minimum atomic E-state index is -1.59. The highest BCUT2D eigenvalue weighted by Crippen LogP contribution is 2.32. The van der Waals surface area contributed by atoms with Crippen molar-refractivity contribution in [2.24, 2.45) is 29.4 Å². The molecular formula is C98H125N13O19S. The lowest BCUT2D eigenvalue weighted by Crippen LogP contribution is -2.61. The Balaban J connectivity index is 1.23. The number of para-hydroxylation sites is 1. The molecule has 0 bridgehead atoms. The number of benzene rings is 6. The number of nitrogens with one attached hydrogen (secondary N) is 7. The van der Waals surface area contributed by atoms with Crippen LogP contribution in [0, 0.1) is 23.7 Å². The van der Waals surface area contributed by atoms with Gasteiger partial charge >= 0.3 is 0 Å². The number of nitrogens with two attached hydrogens (primary N) is 1. The number of unbranched alkanes of at least 4 members (excludes halogenated alkanes) is 1. The number of Topliss-reactive ketones (excluding diaryl/α,β-unsaturated/α-hetero) is 3. The van der Waals surface area contributed by atoms with Crippen molar-refractivity contribution >= 4 is 117 Å². The minimum Gasteiger partial charge on any atom is -0.508 e. The number of thioether (sulfide) groups is 1. The lowest BCUT2D eigenvalue weighted by atomic mass is 9.84. The molecule has 11 N–H and O–H groups in total. The van der Waals surface area contributed by atoms with Crippen LogP contribution >= 0.6 is 11.8 Å². The van der Waals surface area contributed by atoms with E-state index >= 15 is 43.2 Å². The highest BCUT2D eigenvalue weighted by molar-refractivity contribution is 8.01. The average Bonchev–Trinajstić information content (AvgIpc) is 1.71. The first-order valence-electron chi connectivity index (χ1n) is 44.1. The number of aromatic hydroxyl groups is 2. The normalized spacial score (nSPS) is 22.3. The Bertz CT molecular complexity index is 5110. The molecule has 32 nitrogen and oxygen atoms in total. The van der Waals surface area contributed by atoms with Crippen molar-refractivity contribution in [2.75, 3.05) is 60.7 Å². The summed E-state index contributed by atoms with van der Waals surface area (Å²) >= 11 is 0.907. The van der Waals surface area contributed by atoms with Gasteiger partial charge in [0.05, 0.1) is 24.8 Å². The third-order valence-electron chi connectivity index (χ3n) is 23.6. The number of carbonyl (C=O) groups is 16. The van der Waals surface area contributed by atoms with Crippen LogP contribution in [-0.4, -0.2) is 254 Å². The molecule has 1 aliphatic heterocycles. The number of phenols is 2. The summed E-state index contributed by atoms with van der Waals surface area (Å²) in [5.41, 5.74) is 9.42. The number of hydrogen-bond donors (Lipinski definition) is 10. The second-order valence-corrected chi connectivity index (χ2v) is 36.6. The van der Waals surface area contributed by atoms with Crippen molar-refractivity contribution in [1.29, 1.82) is 0 Å². The fraction of sp³-hybridized carbons (Fsp3) is 0.449. The first kappa shape index (κ1) is 103. The second kappa shape index (κ2) is 49.6. The van der Waals surface area contributed by atoms with E-state index in [4.69, 9.17) is 10.5 Å². The number of likely N-dealkylation sites (N-methyl/N-ethyl adjacent to an activating group) is 5. The Morgan fingerprint density at radius 3 is 1.53 bits per heavy atom. The van der Waals surface area contributed by atoms with Crippen LogP contribution in [0.15, 0.2) is 170 Å². The number of carbonyl (C=O) groups excluding carboxylic acids is 16. The Morgan fingerprint density at radius 1 is 0.504 bits per heavy atom. The van der Waals surface area contributed by atoms with Crippen LogP contribution in [0.2, 0.25) is 0 Å². The molecule has 1 aromatic heterocycles. The van der Waals surface area contributed by atoms with E-state index < -0.39 is 216 Å².